The van der Waals surface area contributed by atoms with Gasteiger partial charge in [-0.25, -0.2) is 9.18 Å². The monoisotopic (exact) mass is 223 g/mol. The third-order valence-corrected chi connectivity index (χ3v) is 2.67. The van der Waals surface area contributed by atoms with Gasteiger partial charge in [-0.1, -0.05) is 12.1 Å². The van der Waals surface area contributed by atoms with Crippen LogP contribution < -0.4 is 5.32 Å². The highest BCUT2D eigenvalue weighted by Crippen LogP contribution is 2.28. The molecule has 1 fully saturated rings. The van der Waals surface area contributed by atoms with Crippen LogP contribution in [0, 0.1) is 5.82 Å². The molecule has 0 unspecified atom stereocenters. The molecule has 1 saturated heterocycles. The highest BCUT2D eigenvalue weighted by atomic mass is 19.1. The van der Waals surface area contributed by atoms with E-state index < -0.39 is 23.7 Å². The summed E-state index contributed by atoms with van der Waals surface area (Å²) in [6.45, 7) is 0. The first kappa shape index (κ1) is 10.6. The largest absolute Gasteiger partial charge is 0.480 e. The minimum absolute atomic E-state index is 0.0837. The van der Waals surface area contributed by atoms with E-state index in [1.54, 1.807) is 6.07 Å². The lowest BCUT2D eigenvalue weighted by atomic mass is 9.92. The average molecular weight is 223 g/mol. The van der Waals surface area contributed by atoms with E-state index in [0.29, 0.717) is 5.56 Å². The molecule has 1 amide bonds. The van der Waals surface area contributed by atoms with Gasteiger partial charge in [-0.3, -0.25) is 4.79 Å². The lowest BCUT2D eigenvalue weighted by Crippen LogP contribution is -2.36. The van der Waals surface area contributed by atoms with Crippen LogP contribution in [0.1, 0.15) is 17.9 Å². The summed E-state index contributed by atoms with van der Waals surface area (Å²) in [6.07, 6.45) is 0.0837. The van der Waals surface area contributed by atoms with E-state index in [-0.39, 0.29) is 12.3 Å². The fraction of sp³-hybridized carbons (Fsp3) is 0.273. The van der Waals surface area contributed by atoms with Crippen molar-refractivity contribution in [3.63, 3.8) is 0 Å². The zero-order valence-corrected chi connectivity index (χ0v) is 8.31. The van der Waals surface area contributed by atoms with Gasteiger partial charge in [-0.05, 0) is 17.7 Å². The Morgan fingerprint density at radius 3 is 2.88 bits per heavy atom. The van der Waals surface area contributed by atoms with Crippen molar-refractivity contribution in [3.05, 3.63) is 35.6 Å². The van der Waals surface area contributed by atoms with Gasteiger partial charge in [0.05, 0.1) is 0 Å². The Labute approximate surface area is 91.1 Å². The summed E-state index contributed by atoms with van der Waals surface area (Å²) in [5.41, 5.74) is 0.533. The lowest BCUT2D eigenvalue weighted by molar-refractivity contribution is -0.140. The van der Waals surface area contributed by atoms with Crippen LogP contribution in [0.15, 0.2) is 24.3 Å². The van der Waals surface area contributed by atoms with Crippen molar-refractivity contribution in [2.45, 2.75) is 18.4 Å². The van der Waals surface area contributed by atoms with E-state index in [9.17, 15) is 14.0 Å². The molecule has 1 heterocycles. The van der Waals surface area contributed by atoms with Gasteiger partial charge >= 0.3 is 5.97 Å². The van der Waals surface area contributed by atoms with E-state index in [1.165, 1.54) is 18.2 Å². The molecule has 0 aromatic heterocycles. The van der Waals surface area contributed by atoms with Gasteiger partial charge in [0, 0.05) is 12.3 Å². The van der Waals surface area contributed by atoms with Gasteiger partial charge in [0.15, 0.2) is 0 Å². The second kappa shape index (κ2) is 3.92. The summed E-state index contributed by atoms with van der Waals surface area (Å²) in [6, 6.07) is 4.72. The number of benzene rings is 1. The fourth-order valence-electron chi connectivity index (χ4n) is 1.93. The number of halogens is 1. The number of carbonyl (C=O) groups is 2. The molecule has 0 radical (unpaired) electrons. The first-order valence-electron chi connectivity index (χ1n) is 4.85. The summed E-state index contributed by atoms with van der Waals surface area (Å²) in [5.74, 6) is -2.34. The maximum absolute atomic E-state index is 13.0. The van der Waals surface area contributed by atoms with E-state index in [2.05, 4.69) is 5.32 Å². The maximum Gasteiger partial charge on any atom is 0.326 e. The van der Waals surface area contributed by atoms with Gasteiger partial charge in [0.1, 0.15) is 11.9 Å². The molecule has 0 aliphatic carbocycles. The van der Waals surface area contributed by atoms with Gasteiger partial charge in [0.25, 0.3) is 0 Å². The number of rotatable bonds is 2. The zero-order chi connectivity index (χ0) is 11.7. The molecule has 0 bridgehead atoms. The molecule has 4 nitrogen and oxygen atoms in total. The Bertz CT molecular complexity index is 447. The molecular formula is C11H10FNO3. The Hall–Kier alpha value is -1.91. The summed E-state index contributed by atoms with van der Waals surface area (Å²) in [4.78, 5) is 22.1. The molecule has 1 aliphatic heterocycles. The van der Waals surface area contributed by atoms with Crippen LogP contribution in [0.5, 0.6) is 0 Å². The number of carboxylic acid groups (broad SMARTS) is 1. The van der Waals surface area contributed by atoms with Crippen molar-refractivity contribution < 1.29 is 19.1 Å². The van der Waals surface area contributed by atoms with Crippen molar-refractivity contribution in [1.29, 1.82) is 0 Å². The van der Waals surface area contributed by atoms with Crippen molar-refractivity contribution in [1.82, 2.24) is 5.32 Å². The molecule has 0 saturated carbocycles. The van der Waals surface area contributed by atoms with Crippen molar-refractivity contribution in [3.8, 4) is 0 Å². The number of carbonyl (C=O) groups excluding carboxylic acids is 1. The number of hydrogen-bond acceptors (Lipinski definition) is 2. The maximum atomic E-state index is 13.0. The first-order chi connectivity index (χ1) is 7.58. The minimum atomic E-state index is -1.10. The second-order valence-electron chi connectivity index (χ2n) is 3.75. The predicted molar refractivity (Wildman–Crippen MR) is 53.3 cm³/mol. The van der Waals surface area contributed by atoms with Crippen LogP contribution in [0.4, 0.5) is 4.39 Å². The topological polar surface area (TPSA) is 66.4 Å². The first-order valence-corrected chi connectivity index (χ1v) is 4.85. The third-order valence-electron chi connectivity index (χ3n) is 2.67. The van der Waals surface area contributed by atoms with E-state index >= 15 is 0 Å². The van der Waals surface area contributed by atoms with E-state index in [1.807, 2.05) is 0 Å². The molecule has 1 aliphatic rings. The quantitative estimate of drug-likeness (QED) is 0.782. The molecular weight excluding hydrogens is 213 g/mol. The summed E-state index contributed by atoms with van der Waals surface area (Å²) >= 11 is 0. The molecule has 84 valence electrons. The average Bonchev–Trinajstić information content (AvgIpc) is 2.60. The fourth-order valence-corrected chi connectivity index (χ4v) is 1.93. The summed E-state index contributed by atoms with van der Waals surface area (Å²) < 4.78 is 13.0. The molecule has 2 atom stereocenters. The Morgan fingerprint density at radius 1 is 1.50 bits per heavy atom. The Morgan fingerprint density at radius 2 is 2.25 bits per heavy atom. The van der Waals surface area contributed by atoms with Gasteiger partial charge in [-0.15, -0.1) is 0 Å². The number of amides is 1. The van der Waals surface area contributed by atoms with Gasteiger partial charge < -0.3 is 10.4 Å². The van der Waals surface area contributed by atoms with Gasteiger partial charge in [-0.2, -0.15) is 0 Å². The van der Waals surface area contributed by atoms with Crippen LogP contribution in [0.3, 0.4) is 0 Å². The number of aliphatic carboxylic acids is 1. The van der Waals surface area contributed by atoms with Gasteiger partial charge in [0.2, 0.25) is 5.91 Å². The van der Waals surface area contributed by atoms with Crippen molar-refractivity contribution >= 4 is 11.9 Å². The third kappa shape index (κ3) is 1.88. The lowest BCUT2D eigenvalue weighted by Gasteiger charge is -2.14. The number of hydrogen-bond donors (Lipinski definition) is 2. The molecule has 1 aromatic carbocycles. The molecule has 16 heavy (non-hydrogen) atoms. The van der Waals surface area contributed by atoms with E-state index in [0.717, 1.165) is 0 Å². The molecule has 5 heteroatoms. The van der Waals surface area contributed by atoms with Crippen LogP contribution in [0.2, 0.25) is 0 Å². The summed E-state index contributed by atoms with van der Waals surface area (Å²) in [7, 11) is 0. The standard InChI is InChI=1S/C11H10FNO3/c12-7-3-1-2-6(4-7)8-5-9(14)13-10(8)11(15)16/h1-4,8,10H,5H2,(H,13,14)(H,15,16)/t8-,10+/m1/s1. The SMILES string of the molecule is O=C1C[C@H](c2cccc(F)c2)[C@@H](C(=O)O)N1. The summed E-state index contributed by atoms with van der Waals surface area (Å²) in [5, 5.41) is 11.3. The molecule has 2 N–H and O–H groups in total. The number of carboxylic acids is 1. The van der Waals surface area contributed by atoms with Crippen LogP contribution in [-0.2, 0) is 9.59 Å². The molecule has 0 spiro atoms. The van der Waals surface area contributed by atoms with Crippen molar-refractivity contribution in [2.75, 3.05) is 0 Å². The second-order valence-corrected chi connectivity index (χ2v) is 3.75. The van der Waals surface area contributed by atoms with Crippen LogP contribution in [0.25, 0.3) is 0 Å². The van der Waals surface area contributed by atoms with Crippen LogP contribution >= 0.6 is 0 Å². The highest BCUT2D eigenvalue weighted by molar-refractivity contribution is 5.89. The molecule has 1 aromatic rings. The predicted octanol–water partition coefficient (Wildman–Crippen LogP) is 0.882. The van der Waals surface area contributed by atoms with Crippen molar-refractivity contribution in [2.24, 2.45) is 0 Å². The highest BCUT2D eigenvalue weighted by Gasteiger charge is 2.38. The zero-order valence-electron chi connectivity index (χ0n) is 8.31. The normalized spacial score (nSPS) is 24.2. The molecule has 2 rings (SSSR count). The Balaban J connectivity index is 2.32. The number of nitrogens with one attached hydrogen (secondary N) is 1. The van der Waals surface area contributed by atoms with Crippen LogP contribution in [-0.4, -0.2) is 23.0 Å². The minimum Gasteiger partial charge on any atom is -0.480 e. The Kier molecular flexibility index (Phi) is 2.60. The smallest absolute Gasteiger partial charge is 0.326 e. The van der Waals surface area contributed by atoms with E-state index in [4.69, 9.17) is 5.11 Å².